The molecule has 3 aromatic rings. The number of hydrogen-bond acceptors (Lipinski definition) is 4. The Morgan fingerprint density at radius 1 is 1.07 bits per heavy atom. The standard InChI is InChI=1S/C18H13Cl2FN2O3S2/c19-12-5-3-7-14(18(12)20)22-16(24)11-23(15-8-2-1-6-13(15)21)28(25,26)17-9-4-10-27-17/h1-10H,11H2,(H,22,24). The molecule has 1 aromatic heterocycles. The second-order valence-electron chi connectivity index (χ2n) is 5.54. The van der Waals surface area contributed by atoms with Gasteiger partial charge in [0.25, 0.3) is 10.0 Å². The Morgan fingerprint density at radius 2 is 1.82 bits per heavy atom. The molecular weight excluding hydrogens is 446 g/mol. The van der Waals surface area contributed by atoms with E-state index >= 15 is 0 Å². The normalized spacial score (nSPS) is 11.2. The number of rotatable bonds is 6. The topological polar surface area (TPSA) is 66.5 Å². The lowest BCUT2D eigenvalue weighted by atomic mass is 10.3. The Labute approximate surface area is 175 Å². The van der Waals surface area contributed by atoms with Crippen LogP contribution >= 0.6 is 34.5 Å². The first kappa shape index (κ1) is 20.6. The van der Waals surface area contributed by atoms with Crippen molar-refractivity contribution in [3.8, 4) is 0 Å². The van der Waals surface area contributed by atoms with E-state index in [-0.39, 0.29) is 25.6 Å². The lowest BCUT2D eigenvalue weighted by Crippen LogP contribution is -2.38. The van der Waals surface area contributed by atoms with E-state index in [0.717, 1.165) is 21.7 Å². The monoisotopic (exact) mass is 458 g/mol. The second kappa shape index (κ2) is 8.48. The fourth-order valence-corrected chi connectivity index (χ4v) is 5.27. The zero-order chi connectivity index (χ0) is 20.3. The van der Waals surface area contributed by atoms with Crippen LogP contribution in [-0.4, -0.2) is 20.9 Å². The smallest absolute Gasteiger partial charge is 0.274 e. The number of anilines is 2. The van der Waals surface area contributed by atoms with Gasteiger partial charge in [0.2, 0.25) is 5.91 Å². The average molecular weight is 459 g/mol. The molecule has 0 aliphatic carbocycles. The van der Waals surface area contributed by atoms with E-state index in [2.05, 4.69) is 5.32 Å². The number of thiophene rings is 1. The van der Waals surface area contributed by atoms with E-state index in [4.69, 9.17) is 23.2 Å². The third-order valence-corrected chi connectivity index (χ3v) is 7.63. The Bertz CT molecular complexity index is 1110. The molecule has 0 saturated carbocycles. The first-order chi connectivity index (χ1) is 13.3. The van der Waals surface area contributed by atoms with Crippen molar-refractivity contribution in [2.24, 2.45) is 0 Å². The van der Waals surface area contributed by atoms with Gasteiger partial charge in [0.05, 0.1) is 21.4 Å². The molecule has 146 valence electrons. The van der Waals surface area contributed by atoms with E-state index in [1.54, 1.807) is 23.6 Å². The van der Waals surface area contributed by atoms with Crippen LogP contribution in [0.2, 0.25) is 10.0 Å². The van der Waals surface area contributed by atoms with Gasteiger partial charge in [0.1, 0.15) is 16.6 Å². The first-order valence-corrected chi connectivity index (χ1v) is 10.9. The lowest BCUT2D eigenvalue weighted by molar-refractivity contribution is -0.114. The summed E-state index contributed by atoms with van der Waals surface area (Å²) < 4.78 is 41.0. The Hall–Kier alpha value is -2.13. The van der Waals surface area contributed by atoms with Crippen molar-refractivity contribution in [1.82, 2.24) is 0 Å². The SMILES string of the molecule is O=C(CN(c1ccccc1F)S(=O)(=O)c1cccs1)Nc1cccc(Cl)c1Cl. The maximum absolute atomic E-state index is 14.3. The molecule has 0 saturated heterocycles. The van der Waals surface area contributed by atoms with Crippen LogP contribution in [0.25, 0.3) is 0 Å². The van der Waals surface area contributed by atoms with Gasteiger partial charge < -0.3 is 5.32 Å². The maximum atomic E-state index is 14.3. The Kier molecular flexibility index (Phi) is 6.24. The van der Waals surface area contributed by atoms with Crippen molar-refractivity contribution in [3.63, 3.8) is 0 Å². The summed E-state index contributed by atoms with van der Waals surface area (Å²) in [6.07, 6.45) is 0. The average Bonchev–Trinajstić information content (AvgIpc) is 3.20. The molecule has 0 radical (unpaired) electrons. The van der Waals surface area contributed by atoms with E-state index < -0.39 is 28.3 Å². The molecule has 2 aromatic carbocycles. The third-order valence-electron chi connectivity index (χ3n) is 3.67. The third kappa shape index (κ3) is 4.30. The van der Waals surface area contributed by atoms with Crippen molar-refractivity contribution in [2.75, 3.05) is 16.2 Å². The van der Waals surface area contributed by atoms with Crippen LogP contribution in [0, 0.1) is 5.82 Å². The van der Waals surface area contributed by atoms with Gasteiger partial charge in [-0.3, -0.25) is 9.10 Å². The predicted molar refractivity (Wildman–Crippen MR) is 110 cm³/mol. The van der Waals surface area contributed by atoms with Crippen LogP contribution in [0.1, 0.15) is 0 Å². The van der Waals surface area contributed by atoms with Gasteiger partial charge in [-0.1, -0.05) is 47.5 Å². The van der Waals surface area contributed by atoms with Crippen molar-refractivity contribution >= 4 is 61.8 Å². The van der Waals surface area contributed by atoms with Gasteiger partial charge in [0, 0.05) is 0 Å². The van der Waals surface area contributed by atoms with Gasteiger partial charge in [-0.05, 0) is 35.7 Å². The molecule has 0 fully saturated rings. The molecule has 1 heterocycles. The highest BCUT2D eigenvalue weighted by Gasteiger charge is 2.30. The molecule has 0 aliphatic rings. The van der Waals surface area contributed by atoms with Crippen molar-refractivity contribution in [1.29, 1.82) is 0 Å². The summed E-state index contributed by atoms with van der Waals surface area (Å²) in [6, 6.07) is 12.9. The zero-order valence-corrected chi connectivity index (χ0v) is 17.2. The Balaban J connectivity index is 1.95. The number of para-hydroxylation sites is 1. The molecule has 0 unspecified atom stereocenters. The minimum atomic E-state index is -4.15. The minimum Gasteiger partial charge on any atom is -0.323 e. The predicted octanol–water partition coefficient (Wildman–Crippen LogP) is 5.03. The molecule has 0 aliphatic heterocycles. The minimum absolute atomic E-state index is 0.00987. The summed E-state index contributed by atoms with van der Waals surface area (Å²) in [5.74, 6) is -1.47. The van der Waals surface area contributed by atoms with Gasteiger partial charge in [0.15, 0.2) is 0 Å². The second-order valence-corrected chi connectivity index (χ2v) is 9.37. The Morgan fingerprint density at radius 3 is 2.50 bits per heavy atom. The molecular formula is C18H13Cl2FN2O3S2. The molecule has 5 nitrogen and oxygen atoms in total. The summed E-state index contributed by atoms with van der Waals surface area (Å²) in [5.41, 5.74) is -0.00980. The van der Waals surface area contributed by atoms with E-state index in [9.17, 15) is 17.6 Å². The summed E-state index contributed by atoms with van der Waals surface area (Å²) in [4.78, 5) is 12.5. The zero-order valence-electron chi connectivity index (χ0n) is 14.1. The largest absolute Gasteiger partial charge is 0.323 e. The summed E-state index contributed by atoms with van der Waals surface area (Å²) in [6.45, 7) is -0.649. The van der Waals surface area contributed by atoms with Gasteiger partial charge in [-0.2, -0.15) is 0 Å². The molecule has 3 rings (SSSR count). The van der Waals surface area contributed by atoms with E-state index in [0.29, 0.717) is 0 Å². The molecule has 0 bridgehead atoms. The number of carbonyl (C=O) groups is 1. The fourth-order valence-electron chi connectivity index (χ4n) is 2.39. The quantitative estimate of drug-likeness (QED) is 0.563. The number of benzene rings is 2. The van der Waals surface area contributed by atoms with Crippen LogP contribution in [-0.2, 0) is 14.8 Å². The van der Waals surface area contributed by atoms with Crippen LogP contribution in [0.15, 0.2) is 64.2 Å². The maximum Gasteiger partial charge on any atom is 0.274 e. The number of halogens is 3. The molecule has 0 atom stereocenters. The first-order valence-electron chi connectivity index (χ1n) is 7.85. The van der Waals surface area contributed by atoms with Crippen LogP contribution in [0.4, 0.5) is 15.8 Å². The lowest BCUT2D eigenvalue weighted by Gasteiger charge is -2.23. The van der Waals surface area contributed by atoms with Gasteiger partial charge in [-0.25, -0.2) is 12.8 Å². The molecule has 10 heteroatoms. The number of nitrogens with one attached hydrogen (secondary N) is 1. The van der Waals surface area contributed by atoms with Gasteiger partial charge in [-0.15, -0.1) is 11.3 Å². The van der Waals surface area contributed by atoms with Crippen molar-refractivity contribution < 1.29 is 17.6 Å². The van der Waals surface area contributed by atoms with E-state index in [1.807, 2.05) is 0 Å². The summed E-state index contributed by atoms with van der Waals surface area (Å²) in [7, 11) is -4.15. The van der Waals surface area contributed by atoms with E-state index in [1.165, 1.54) is 30.3 Å². The molecule has 1 amide bonds. The summed E-state index contributed by atoms with van der Waals surface area (Å²) in [5, 5.41) is 4.44. The fraction of sp³-hybridized carbons (Fsp3) is 0.0556. The number of hydrogen-bond donors (Lipinski definition) is 1. The number of sulfonamides is 1. The number of amides is 1. The highest BCUT2D eigenvalue weighted by atomic mass is 35.5. The molecule has 0 spiro atoms. The summed E-state index contributed by atoms with van der Waals surface area (Å²) >= 11 is 12.9. The highest BCUT2D eigenvalue weighted by Crippen LogP contribution is 2.31. The molecule has 28 heavy (non-hydrogen) atoms. The van der Waals surface area contributed by atoms with Crippen LogP contribution < -0.4 is 9.62 Å². The van der Waals surface area contributed by atoms with Gasteiger partial charge >= 0.3 is 0 Å². The van der Waals surface area contributed by atoms with Crippen LogP contribution in [0.3, 0.4) is 0 Å². The van der Waals surface area contributed by atoms with Crippen LogP contribution in [0.5, 0.6) is 0 Å². The number of nitrogens with zero attached hydrogens (tertiary/aromatic N) is 1. The van der Waals surface area contributed by atoms with Crippen molar-refractivity contribution in [2.45, 2.75) is 4.21 Å². The van der Waals surface area contributed by atoms with Crippen molar-refractivity contribution in [3.05, 3.63) is 75.8 Å². The molecule has 1 N–H and O–H groups in total. The number of carbonyl (C=O) groups excluding carboxylic acids is 1. The highest BCUT2D eigenvalue weighted by molar-refractivity contribution is 7.94.